The number of hydrogen-bond acceptors (Lipinski definition) is 3. The van der Waals surface area contributed by atoms with Gasteiger partial charge in [-0.3, -0.25) is 0 Å². The van der Waals surface area contributed by atoms with E-state index in [0.717, 1.165) is 30.5 Å². The van der Waals surface area contributed by atoms with Crippen LogP contribution in [0.1, 0.15) is 19.8 Å². The number of nitrogens with zero attached hydrogens (tertiary/aromatic N) is 1. The van der Waals surface area contributed by atoms with Crippen molar-refractivity contribution < 1.29 is 0 Å². The Bertz CT molecular complexity index is 244. The van der Waals surface area contributed by atoms with Crippen LogP contribution in [-0.2, 0) is 0 Å². The summed E-state index contributed by atoms with van der Waals surface area (Å²) >= 11 is 0. The van der Waals surface area contributed by atoms with Crippen LogP contribution in [0.15, 0.2) is 17.1 Å². The minimum absolute atomic E-state index is 0. The minimum Gasteiger partial charge on any atom is -0.354 e. The number of hydrogen-bond donors (Lipinski definition) is 2. The summed E-state index contributed by atoms with van der Waals surface area (Å²) in [6.07, 6.45) is 2.56. The molecule has 0 bridgehead atoms. The third-order valence-electron chi connectivity index (χ3n) is 2.68. The summed E-state index contributed by atoms with van der Waals surface area (Å²) in [7, 11) is 0. The lowest BCUT2D eigenvalue weighted by Gasteiger charge is -2.35. The number of halogens is 1. The maximum Gasteiger partial charge on any atom is 0.192 e. The van der Waals surface area contributed by atoms with E-state index >= 15 is 0 Å². The SMILES string of the molecule is C=C1CN=C(NC2CC(C)C2)NC1.I. The van der Waals surface area contributed by atoms with Crippen LogP contribution in [0.2, 0.25) is 0 Å². The van der Waals surface area contributed by atoms with E-state index in [1.807, 2.05) is 0 Å². The summed E-state index contributed by atoms with van der Waals surface area (Å²) < 4.78 is 0. The first-order valence-electron chi connectivity index (χ1n) is 4.95. The van der Waals surface area contributed by atoms with Gasteiger partial charge in [-0.05, 0) is 24.3 Å². The first-order chi connectivity index (χ1) is 6.24. The Labute approximate surface area is 102 Å². The molecule has 80 valence electrons. The molecule has 0 unspecified atom stereocenters. The first kappa shape index (κ1) is 11.8. The highest BCUT2D eigenvalue weighted by Gasteiger charge is 2.26. The van der Waals surface area contributed by atoms with E-state index in [4.69, 9.17) is 0 Å². The van der Waals surface area contributed by atoms with Crippen LogP contribution in [0.3, 0.4) is 0 Å². The van der Waals surface area contributed by atoms with Crippen LogP contribution in [0.4, 0.5) is 0 Å². The summed E-state index contributed by atoms with van der Waals surface area (Å²) in [6, 6.07) is 0.646. The maximum absolute atomic E-state index is 4.35. The van der Waals surface area contributed by atoms with E-state index in [2.05, 4.69) is 29.1 Å². The average Bonchev–Trinajstić information content (AvgIpc) is 2.06. The fourth-order valence-corrected chi connectivity index (χ4v) is 1.82. The van der Waals surface area contributed by atoms with Gasteiger partial charge < -0.3 is 10.6 Å². The molecule has 0 atom stereocenters. The minimum atomic E-state index is 0. The van der Waals surface area contributed by atoms with Crippen molar-refractivity contribution in [2.45, 2.75) is 25.8 Å². The smallest absolute Gasteiger partial charge is 0.192 e. The Morgan fingerprint density at radius 2 is 2.21 bits per heavy atom. The van der Waals surface area contributed by atoms with Gasteiger partial charge in [0.05, 0.1) is 6.54 Å². The molecule has 0 saturated heterocycles. The van der Waals surface area contributed by atoms with Crippen molar-refractivity contribution in [3.8, 4) is 0 Å². The Morgan fingerprint density at radius 1 is 1.50 bits per heavy atom. The Kier molecular flexibility index (Phi) is 4.22. The second-order valence-corrected chi connectivity index (χ2v) is 4.19. The second kappa shape index (κ2) is 5.00. The van der Waals surface area contributed by atoms with E-state index in [1.54, 1.807) is 0 Å². The largest absolute Gasteiger partial charge is 0.354 e. The molecule has 0 aromatic heterocycles. The van der Waals surface area contributed by atoms with Crippen LogP contribution in [-0.4, -0.2) is 25.1 Å². The molecule has 14 heavy (non-hydrogen) atoms. The average molecular weight is 307 g/mol. The van der Waals surface area contributed by atoms with Crippen LogP contribution >= 0.6 is 24.0 Å². The molecule has 0 aromatic rings. The lowest BCUT2D eigenvalue weighted by molar-refractivity contribution is 0.266. The molecule has 1 heterocycles. The molecule has 0 aromatic carbocycles. The number of aliphatic imine (C=N–C) groups is 1. The van der Waals surface area contributed by atoms with Gasteiger partial charge in [0.15, 0.2) is 5.96 Å². The van der Waals surface area contributed by atoms with Gasteiger partial charge >= 0.3 is 0 Å². The van der Waals surface area contributed by atoms with Gasteiger partial charge in [-0.15, -0.1) is 24.0 Å². The van der Waals surface area contributed by atoms with Crippen molar-refractivity contribution in [3.63, 3.8) is 0 Å². The molecular weight excluding hydrogens is 289 g/mol. The summed E-state index contributed by atoms with van der Waals surface area (Å²) in [5, 5.41) is 6.63. The zero-order chi connectivity index (χ0) is 9.26. The molecule has 1 aliphatic heterocycles. The zero-order valence-electron chi connectivity index (χ0n) is 8.55. The molecule has 0 spiro atoms. The monoisotopic (exact) mass is 307 g/mol. The fourth-order valence-electron chi connectivity index (χ4n) is 1.82. The molecule has 2 N–H and O–H groups in total. The third kappa shape index (κ3) is 2.87. The summed E-state index contributed by atoms with van der Waals surface area (Å²) in [6.45, 7) is 7.81. The summed E-state index contributed by atoms with van der Waals surface area (Å²) in [5.74, 6) is 1.85. The molecule has 1 aliphatic carbocycles. The summed E-state index contributed by atoms with van der Waals surface area (Å²) in [5.41, 5.74) is 1.16. The second-order valence-electron chi connectivity index (χ2n) is 4.19. The Balaban J connectivity index is 0.000000980. The Morgan fingerprint density at radius 3 is 2.71 bits per heavy atom. The van der Waals surface area contributed by atoms with Gasteiger partial charge in [0.1, 0.15) is 0 Å². The summed E-state index contributed by atoms with van der Waals surface area (Å²) in [4.78, 5) is 4.35. The first-order valence-corrected chi connectivity index (χ1v) is 4.95. The van der Waals surface area contributed by atoms with Gasteiger partial charge in [-0.1, -0.05) is 13.5 Å². The predicted molar refractivity (Wildman–Crippen MR) is 70.2 cm³/mol. The quantitative estimate of drug-likeness (QED) is 0.569. The van der Waals surface area contributed by atoms with Crippen LogP contribution in [0.5, 0.6) is 0 Å². The van der Waals surface area contributed by atoms with E-state index in [-0.39, 0.29) is 24.0 Å². The molecule has 0 amide bonds. The van der Waals surface area contributed by atoms with Crippen LogP contribution < -0.4 is 10.6 Å². The third-order valence-corrected chi connectivity index (χ3v) is 2.68. The fraction of sp³-hybridized carbons (Fsp3) is 0.700. The van der Waals surface area contributed by atoms with Crippen molar-refractivity contribution in [3.05, 3.63) is 12.2 Å². The molecule has 1 saturated carbocycles. The maximum atomic E-state index is 4.35. The van der Waals surface area contributed by atoms with Gasteiger partial charge in [0.25, 0.3) is 0 Å². The predicted octanol–water partition coefficient (Wildman–Crippen LogP) is 1.51. The van der Waals surface area contributed by atoms with Crippen molar-refractivity contribution in [1.82, 2.24) is 10.6 Å². The van der Waals surface area contributed by atoms with Gasteiger partial charge in [0, 0.05) is 12.6 Å². The molecule has 0 radical (unpaired) electrons. The lowest BCUT2D eigenvalue weighted by atomic mass is 9.82. The van der Waals surface area contributed by atoms with Crippen LogP contribution in [0.25, 0.3) is 0 Å². The van der Waals surface area contributed by atoms with Gasteiger partial charge in [0.2, 0.25) is 0 Å². The van der Waals surface area contributed by atoms with E-state index in [1.165, 1.54) is 12.8 Å². The topological polar surface area (TPSA) is 36.4 Å². The van der Waals surface area contributed by atoms with E-state index < -0.39 is 0 Å². The molecule has 2 aliphatic rings. The highest BCUT2D eigenvalue weighted by Crippen LogP contribution is 2.26. The molecular formula is C10H18IN3. The highest BCUT2D eigenvalue weighted by atomic mass is 127. The molecule has 1 fully saturated rings. The zero-order valence-corrected chi connectivity index (χ0v) is 10.9. The highest BCUT2D eigenvalue weighted by molar-refractivity contribution is 14.0. The van der Waals surface area contributed by atoms with Gasteiger partial charge in [-0.25, -0.2) is 4.99 Å². The molecule has 3 nitrogen and oxygen atoms in total. The van der Waals surface area contributed by atoms with Gasteiger partial charge in [-0.2, -0.15) is 0 Å². The number of guanidine groups is 1. The standard InChI is InChI=1S/C10H17N3.HI/c1-7-3-9(4-7)13-10-11-5-8(2)6-12-10;/h7,9H,2-6H2,1H3,(H2,11,12,13);1H. The number of nitrogens with one attached hydrogen (secondary N) is 2. The lowest BCUT2D eigenvalue weighted by Crippen LogP contribution is -2.50. The normalized spacial score (nSPS) is 30.6. The van der Waals surface area contributed by atoms with Crippen molar-refractivity contribution in [2.24, 2.45) is 10.9 Å². The molecule has 2 rings (SSSR count). The van der Waals surface area contributed by atoms with Crippen molar-refractivity contribution >= 4 is 29.9 Å². The van der Waals surface area contributed by atoms with E-state index in [9.17, 15) is 0 Å². The van der Waals surface area contributed by atoms with Crippen molar-refractivity contribution in [1.29, 1.82) is 0 Å². The van der Waals surface area contributed by atoms with Crippen LogP contribution in [0, 0.1) is 5.92 Å². The van der Waals surface area contributed by atoms with Crippen molar-refractivity contribution in [2.75, 3.05) is 13.1 Å². The Hall–Kier alpha value is -0.260. The number of rotatable bonds is 1. The van der Waals surface area contributed by atoms with E-state index in [0.29, 0.717) is 6.04 Å². The molecule has 4 heteroatoms.